The van der Waals surface area contributed by atoms with Crippen molar-refractivity contribution in [3.05, 3.63) is 90.8 Å². The Kier molecular flexibility index (Phi) is 5.80. The zero-order chi connectivity index (χ0) is 20.8. The molecule has 30 heavy (non-hydrogen) atoms. The summed E-state index contributed by atoms with van der Waals surface area (Å²) in [4.78, 5) is 24.6. The molecule has 2 aromatic carbocycles. The number of anilines is 1. The van der Waals surface area contributed by atoms with E-state index < -0.39 is 0 Å². The first-order valence-corrected chi connectivity index (χ1v) is 9.59. The summed E-state index contributed by atoms with van der Waals surface area (Å²) in [5.74, 6) is 1.67. The van der Waals surface area contributed by atoms with Gasteiger partial charge in [0.05, 0.1) is 0 Å². The molecule has 0 saturated heterocycles. The minimum Gasteiger partial charge on any atom is -0.439 e. The quantitative estimate of drug-likeness (QED) is 0.500. The SMILES string of the molecule is Cc1cccc(CCC(=O)Nc2ccc(Oc3cc(-n4ccnc4)ncn3)cc2)c1. The van der Waals surface area contributed by atoms with E-state index in [9.17, 15) is 4.79 Å². The van der Waals surface area contributed by atoms with Gasteiger partial charge in [-0.05, 0) is 43.2 Å². The highest BCUT2D eigenvalue weighted by Crippen LogP contribution is 2.22. The highest BCUT2D eigenvalue weighted by Gasteiger charge is 2.06. The molecule has 4 rings (SSSR count). The molecule has 2 aromatic heterocycles. The fraction of sp³-hybridized carbons (Fsp3) is 0.130. The van der Waals surface area contributed by atoms with Crippen LogP contribution in [0.4, 0.5) is 5.69 Å². The average Bonchev–Trinajstić information content (AvgIpc) is 3.29. The molecule has 0 atom stereocenters. The fourth-order valence-electron chi connectivity index (χ4n) is 3.00. The Balaban J connectivity index is 1.33. The molecule has 2 heterocycles. The standard InChI is InChI=1S/C23H21N5O2/c1-17-3-2-4-18(13-17)5-10-22(29)27-19-6-8-20(9-7-19)30-23-14-21(25-15-26-23)28-12-11-24-16-28/h2-4,6-9,11-16H,5,10H2,1H3,(H,27,29). The van der Waals surface area contributed by atoms with Crippen LogP contribution in [0.5, 0.6) is 11.6 Å². The van der Waals surface area contributed by atoms with Gasteiger partial charge in [-0.3, -0.25) is 9.36 Å². The molecule has 7 nitrogen and oxygen atoms in total. The molecule has 0 unspecified atom stereocenters. The maximum Gasteiger partial charge on any atom is 0.224 e. The summed E-state index contributed by atoms with van der Waals surface area (Å²) in [5.41, 5.74) is 3.08. The zero-order valence-electron chi connectivity index (χ0n) is 16.5. The summed E-state index contributed by atoms with van der Waals surface area (Å²) >= 11 is 0. The second-order valence-electron chi connectivity index (χ2n) is 6.85. The molecule has 0 spiro atoms. The molecule has 0 aliphatic heterocycles. The van der Waals surface area contributed by atoms with E-state index in [-0.39, 0.29) is 5.91 Å². The maximum absolute atomic E-state index is 12.2. The van der Waals surface area contributed by atoms with Crippen LogP contribution in [-0.2, 0) is 11.2 Å². The molecule has 4 aromatic rings. The molecule has 0 aliphatic rings. The molecule has 0 fully saturated rings. The van der Waals surface area contributed by atoms with Crippen molar-refractivity contribution in [1.82, 2.24) is 19.5 Å². The van der Waals surface area contributed by atoms with E-state index in [4.69, 9.17) is 4.74 Å². The maximum atomic E-state index is 12.2. The molecule has 0 radical (unpaired) electrons. The lowest BCUT2D eigenvalue weighted by Gasteiger charge is -2.09. The van der Waals surface area contributed by atoms with Crippen LogP contribution in [0.1, 0.15) is 17.5 Å². The van der Waals surface area contributed by atoms with E-state index in [1.165, 1.54) is 11.9 Å². The third-order valence-corrected chi connectivity index (χ3v) is 4.48. The molecule has 0 aliphatic carbocycles. The van der Waals surface area contributed by atoms with Crippen molar-refractivity contribution in [2.24, 2.45) is 0 Å². The summed E-state index contributed by atoms with van der Waals surface area (Å²) in [7, 11) is 0. The van der Waals surface area contributed by atoms with Crippen LogP contribution >= 0.6 is 0 Å². The molecule has 1 amide bonds. The number of benzene rings is 2. The van der Waals surface area contributed by atoms with E-state index in [0.717, 1.165) is 11.3 Å². The first-order valence-electron chi connectivity index (χ1n) is 9.59. The van der Waals surface area contributed by atoms with Gasteiger partial charge in [-0.2, -0.15) is 0 Å². The van der Waals surface area contributed by atoms with Crippen LogP contribution in [-0.4, -0.2) is 25.4 Å². The van der Waals surface area contributed by atoms with Crippen LogP contribution in [0, 0.1) is 6.92 Å². The number of rotatable bonds is 7. The van der Waals surface area contributed by atoms with Crippen LogP contribution in [0.2, 0.25) is 0 Å². The number of ether oxygens (including phenoxy) is 1. The predicted octanol–water partition coefficient (Wildman–Crippen LogP) is 4.33. The number of aryl methyl sites for hydroxylation is 2. The number of nitrogens with one attached hydrogen (secondary N) is 1. The largest absolute Gasteiger partial charge is 0.439 e. The highest BCUT2D eigenvalue weighted by atomic mass is 16.5. The zero-order valence-corrected chi connectivity index (χ0v) is 16.5. The normalized spacial score (nSPS) is 10.6. The van der Waals surface area contributed by atoms with E-state index in [1.54, 1.807) is 53.6 Å². The van der Waals surface area contributed by atoms with Crippen molar-refractivity contribution in [2.45, 2.75) is 19.8 Å². The fourth-order valence-corrected chi connectivity index (χ4v) is 3.00. The third kappa shape index (κ3) is 5.08. The molecule has 1 N–H and O–H groups in total. The van der Waals surface area contributed by atoms with Crippen molar-refractivity contribution in [1.29, 1.82) is 0 Å². The predicted molar refractivity (Wildman–Crippen MR) is 114 cm³/mol. The van der Waals surface area contributed by atoms with Gasteiger partial charge in [0, 0.05) is 30.6 Å². The van der Waals surface area contributed by atoms with Crippen LogP contribution in [0.25, 0.3) is 5.82 Å². The number of carbonyl (C=O) groups excluding carboxylic acids is 1. The Morgan fingerprint density at radius 2 is 1.97 bits per heavy atom. The third-order valence-electron chi connectivity index (χ3n) is 4.48. The van der Waals surface area contributed by atoms with Gasteiger partial charge in [0.2, 0.25) is 11.8 Å². The van der Waals surface area contributed by atoms with Crippen LogP contribution in [0.3, 0.4) is 0 Å². The Morgan fingerprint density at radius 3 is 2.73 bits per heavy atom. The van der Waals surface area contributed by atoms with E-state index in [1.807, 2.05) is 25.1 Å². The Bertz CT molecular complexity index is 1120. The summed E-state index contributed by atoms with van der Waals surface area (Å²) in [6, 6.07) is 17.1. The molecule has 7 heteroatoms. The van der Waals surface area contributed by atoms with Crippen molar-refractivity contribution < 1.29 is 9.53 Å². The lowest BCUT2D eigenvalue weighted by atomic mass is 10.1. The highest BCUT2D eigenvalue weighted by molar-refractivity contribution is 5.90. The summed E-state index contributed by atoms with van der Waals surface area (Å²) in [6.07, 6.45) is 7.70. The van der Waals surface area contributed by atoms with Gasteiger partial charge < -0.3 is 10.1 Å². The van der Waals surface area contributed by atoms with Gasteiger partial charge >= 0.3 is 0 Å². The Morgan fingerprint density at radius 1 is 1.10 bits per heavy atom. The lowest BCUT2D eigenvalue weighted by molar-refractivity contribution is -0.116. The average molecular weight is 399 g/mol. The summed E-state index contributed by atoms with van der Waals surface area (Å²) in [5, 5.41) is 2.92. The molecule has 150 valence electrons. The summed E-state index contributed by atoms with van der Waals surface area (Å²) < 4.78 is 7.56. The van der Waals surface area contributed by atoms with Gasteiger partial charge in [-0.15, -0.1) is 0 Å². The number of hydrogen-bond acceptors (Lipinski definition) is 5. The smallest absolute Gasteiger partial charge is 0.224 e. The Labute approximate surface area is 174 Å². The molecular formula is C23H21N5O2. The second kappa shape index (κ2) is 9.00. The van der Waals surface area contributed by atoms with Crippen LogP contribution < -0.4 is 10.1 Å². The number of hydrogen-bond donors (Lipinski definition) is 1. The van der Waals surface area contributed by atoms with Crippen molar-refractivity contribution in [2.75, 3.05) is 5.32 Å². The molecule has 0 bridgehead atoms. The first kappa shape index (κ1) is 19.3. The van der Waals surface area contributed by atoms with E-state index >= 15 is 0 Å². The number of amides is 1. The van der Waals surface area contributed by atoms with Gasteiger partial charge in [0.15, 0.2) is 0 Å². The van der Waals surface area contributed by atoms with Gasteiger partial charge in [-0.25, -0.2) is 15.0 Å². The lowest BCUT2D eigenvalue weighted by Crippen LogP contribution is -2.12. The molecule has 0 saturated carbocycles. The van der Waals surface area contributed by atoms with Crippen molar-refractivity contribution in [3.63, 3.8) is 0 Å². The van der Waals surface area contributed by atoms with Gasteiger partial charge in [0.25, 0.3) is 0 Å². The topological polar surface area (TPSA) is 81.9 Å². The minimum atomic E-state index is -0.0223. The number of carbonyl (C=O) groups is 1. The Hall–Kier alpha value is -4.00. The number of nitrogens with zero attached hydrogens (tertiary/aromatic N) is 4. The number of aromatic nitrogens is 4. The summed E-state index contributed by atoms with van der Waals surface area (Å²) in [6.45, 7) is 2.05. The van der Waals surface area contributed by atoms with Crippen LogP contribution in [0.15, 0.2) is 79.6 Å². The van der Waals surface area contributed by atoms with E-state index in [2.05, 4.69) is 26.3 Å². The minimum absolute atomic E-state index is 0.0223. The second-order valence-corrected chi connectivity index (χ2v) is 6.85. The van der Waals surface area contributed by atoms with E-state index in [0.29, 0.717) is 30.3 Å². The van der Waals surface area contributed by atoms with Gasteiger partial charge in [0.1, 0.15) is 24.2 Å². The first-order chi connectivity index (χ1) is 14.7. The monoisotopic (exact) mass is 399 g/mol. The van der Waals surface area contributed by atoms with Gasteiger partial charge in [-0.1, -0.05) is 29.8 Å². The van der Waals surface area contributed by atoms with Crippen molar-refractivity contribution >= 4 is 11.6 Å². The number of imidazole rings is 1. The van der Waals surface area contributed by atoms with Crippen molar-refractivity contribution in [3.8, 4) is 17.4 Å². The molecular weight excluding hydrogens is 378 g/mol.